The molecule has 13 nitrogen and oxygen atoms in total. The summed E-state index contributed by atoms with van der Waals surface area (Å²) >= 11 is 1.47. The number of phenols is 1. The smallest absolute Gasteiger partial charge is 0.325 e. The molecule has 5 aromatic rings. The van der Waals surface area contributed by atoms with Crippen LogP contribution in [-0.2, 0) is 32.2 Å². The van der Waals surface area contributed by atoms with Gasteiger partial charge in [0.1, 0.15) is 12.3 Å². The fourth-order valence-corrected chi connectivity index (χ4v) is 6.88. The van der Waals surface area contributed by atoms with Crippen molar-refractivity contribution in [3.8, 4) is 22.6 Å². The summed E-state index contributed by atoms with van der Waals surface area (Å²) in [5.41, 5.74) is 6.12. The fraction of sp³-hybridized carbons (Fsp3) is 0.289. The van der Waals surface area contributed by atoms with Crippen LogP contribution in [0, 0.1) is 5.92 Å². The molecule has 52 heavy (non-hydrogen) atoms. The van der Waals surface area contributed by atoms with Gasteiger partial charge in [-0.15, -0.1) is 5.10 Å². The number of nitrogens with zero attached hydrogens (tertiary/aromatic N) is 4. The first-order valence-corrected chi connectivity index (χ1v) is 17.9. The van der Waals surface area contributed by atoms with Gasteiger partial charge in [0.05, 0.1) is 31.1 Å². The predicted octanol–water partition coefficient (Wildman–Crippen LogP) is 5.47. The number of benzene rings is 4. The lowest BCUT2D eigenvalue weighted by Gasteiger charge is -2.41. The molecule has 0 unspecified atom stereocenters. The van der Waals surface area contributed by atoms with E-state index in [1.807, 2.05) is 72.8 Å². The number of aromatic hydroxyl groups is 1. The Labute approximate surface area is 305 Å². The van der Waals surface area contributed by atoms with Crippen LogP contribution in [0.15, 0.2) is 102 Å². The van der Waals surface area contributed by atoms with Gasteiger partial charge in [0.2, 0.25) is 5.16 Å². The number of aliphatic hydroxyl groups is 1. The van der Waals surface area contributed by atoms with Crippen LogP contribution in [0.4, 0.5) is 4.79 Å². The molecule has 2 heterocycles. The van der Waals surface area contributed by atoms with Crippen molar-refractivity contribution in [2.24, 2.45) is 5.92 Å². The second kappa shape index (κ2) is 17.3. The van der Waals surface area contributed by atoms with Crippen LogP contribution in [0.25, 0.3) is 16.8 Å². The summed E-state index contributed by atoms with van der Waals surface area (Å²) in [6.45, 7) is 4.07. The molecule has 14 heteroatoms. The molecule has 1 aromatic heterocycles. The highest BCUT2D eigenvalue weighted by molar-refractivity contribution is 7.99. The van der Waals surface area contributed by atoms with E-state index in [0.717, 1.165) is 39.1 Å². The number of rotatable bonds is 13. The lowest BCUT2D eigenvalue weighted by molar-refractivity contribution is -0.268. The van der Waals surface area contributed by atoms with Crippen molar-refractivity contribution in [2.75, 3.05) is 18.9 Å². The minimum absolute atomic E-state index is 0.0468. The van der Waals surface area contributed by atoms with Gasteiger partial charge in [-0.25, -0.2) is 4.79 Å². The average molecular weight is 725 g/mol. The quantitative estimate of drug-likeness (QED) is 0.0897. The van der Waals surface area contributed by atoms with Crippen molar-refractivity contribution in [3.63, 3.8) is 0 Å². The summed E-state index contributed by atoms with van der Waals surface area (Å²) in [4.78, 5) is 23.8. The van der Waals surface area contributed by atoms with Crippen molar-refractivity contribution in [3.05, 3.63) is 119 Å². The van der Waals surface area contributed by atoms with Crippen molar-refractivity contribution >= 4 is 23.8 Å². The molecule has 4 aromatic carbocycles. The van der Waals surface area contributed by atoms with Gasteiger partial charge in [0.15, 0.2) is 6.29 Å². The number of amides is 2. The molecular weight excluding hydrogens is 685 g/mol. The number of aromatic nitrogens is 4. The van der Waals surface area contributed by atoms with Crippen LogP contribution in [0.3, 0.4) is 0 Å². The van der Waals surface area contributed by atoms with Crippen molar-refractivity contribution in [1.29, 1.82) is 0 Å². The van der Waals surface area contributed by atoms with Crippen LogP contribution in [0.1, 0.15) is 48.5 Å². The summed E-state index contributed by atoms with van der Waals surface area (Å²) in [6, 6.07) is 29.8. The number of ether oxygens (including phenoxy) is 3. The number of esters is 1. The van der Waals surface area contributed by atoms with Gasteiger partial charge >= 0.3 is 12.0 Å². The monoisotopic (exact) mass is 724 g/mol. The van der Waals surface area contributed by atoms with Crippen molar-refractivity contribution in [2.45, 2.75) is 50.7 Å². The molecule has 0 spiro atoms. The molecule has 0 bridgehead atoms. The molecule has 270 valence electrons. The van der Waals surface area contributed by atoms with Gasteiger partial charge in [-0.1, -0.05) is 79.3 Å². The zero-order chi connectivity index (χ0) is 36.5. The first-order chi connectivity index (χ1) is 25.3. The Kier molecular flexibility index (Phi) is 12.1. The molecule has 1 fully saturated rings. The number of nitrogens with one attached hydrogen (secondary N) is 2. The topological polar surface area (TPSA) is 170 Å². The number of hydrogen-bond acceptors (Lipinski definition) is 11. The molecule has 0 saturated carbocycles. The molecule has 6 rings (SSSR count). The standard InChI is InChI=1S/C38H40N6O7S/c1-3-49-34(47)21-40-37(48)39-20-26-6-4-7-28(18-26)29-8-5-9-30(19-29)36-50-33(24(2)35(51-36)27-12-10-25(22-45)11-13-27)23-52-38-41-42-43-44(38)31-14-16-32(46)17-15-31/h4-19,24,33,35-36,45-46H,3,20-23H2,1-2H3,(H2,39,40,48)/t24-,33+,35+,36+/m1/s1. The van der Waals surface area contributed by atoms with Crippen LogP contribution in [-0.4, -0.2) is 67.4 Å². The Bertz CT molecular complexity index is 1960. The lowest BCUT2D eigenvalue weighted by Crippen LogP contribution is -2.38. The molecular formula is C38H40N6O7S. The Morgan fingerprint density at radius 1 is 0.904 bits per heavy atom. The molecule has 2 amide bonds. The summed E-state index contributed by atoms with van der Waals surface area (Å²) in [7, 11) is 0. The van der Waals surface area contributed by atoms with E-state index in [0.29, 0.717) is 10.9 Å². The normalized spacial score (nSPS) is 18.4. The zero-order valence-electron chi connectivity index (χ0n) is 28.7. The predicted molar refractivity (Wildman–Crippen MR) is 193 cm³/mol. The maximum absolute atomic E-state index is 12.2. The molecule has 0 aliphatic carbocycles. The van der Waals surface area contributed by atoms with Crippen molar-refractivity contribution < 1.29 is 34.0 Å². The molecule has 1 aliphatic rings. The summed E-state index contributed by atoms with van der Waals surface area (Å²) in [6.07, 6.45) is -1.26. The van der Waals surface area contributed by atoms with E-state index in [9.17, 15) is 19.8 Å². The Balaban J connectivity index is 1.20. The highest BCUT2D eigenvalue weighted by atomic mass is 32.2. The highest BCUT2D eigenvalue weighted by Crippen LogP contribution is 2.43. The summed E-state index contributed by atoms with van der Waals surface area (Å²) < 4.78 is 19.9. The number of thioether (sulfide) groups is 1. The van der Waals surface area contributed by atoms with Gasteiger partial charge in [0.25, 0.3) is 0 Å². The fourth-order valence-electron chi connectivity index (χ4n) is 5.83. The minimum Gasteiger partial charge on any atom is -0.508 e. The molecule has 1 saturated heterocycles. The highest BCUT2D eigenvalue weighted by Gasteiger charge is 2.38. The number of carbonyl (C=O) groups is 2. The van der Waals surface area contributed by atoms with Gasteiger partial charge in [-0.2, -0.15) is 4.68 Å². The molecule has 0 radical (unpaired) electrons. The number of carbonyl (C=O) groups excluding carboxylic acids is 2. The van der Waals surface area contributed by atoms with Crippen LogP contribution in [0.2, 0.25) is 0 Å². The first kappa shape index (κ1) is 36.5. The Hall–Kier alpha value is -5.28. The van der Waals surface area contributed by atoms with Gasteiger partial charge in [-0.3, -0.25) is 4.79 Å². The summed E-state index contributed by atoms with van der Waals surface area (Å²) in [5.74, 6) is 0.140. The third-order valence-electron chi connectivity index (χ3n) is 8.61. The van der Waals surface area contributed by atoms with E-state index in [-0.39, 0.29) is 50.2 Å². The third-order valence-corrected chi connectivity index (χ3v) is 9.61. The maximum Gasteiger partial charge on any atom is 0.325 e. The zero-order valence-corrected chi connectivity index (χ0v) is 29.5. The van der Waals surface area contributed by atoms with Crippen LogP contribution >= 0.6 is 11.8 Å². The molecule has 4 atom stereocenters. The van der Waals surface area contributed by atoms with E-state index in [4.69, 9.17) is 14.2 Å². The van der Waals surface area contributed by atoms with Crippen molar-refractivity contribution in [1.82, 2.24) is 30.8 Å². The lowest BCUT2D eigenvalue weighted by atomic mass is 9.91. The Morgan fingerprint density at radius 3 is 2.40 bits per heavy atom. The average Bonchev–Trinajstić information content (AvgIpc) is 3.65. The number of aliphatic hydroxyl groups excluding tert-OH is 1. The summed E-state index contributed by atoms with van der Waals surface area (Å²) in [5, 5.41) is 37.5. The van der Waals surface area contributed by atoms with E-state index in [1.54, 1.807) is 35.9 Å². The maximum atomic E-state index is 12.2. The van der Waals surface area contributed by atoms with Crippen LogP contribution < -0.4 is 10.6 Å². The van der Waals surface area contributed by atoms with Gasteiger partial charge in [0, 0.05) is 23.8 Å². The molecule has 1 aliphatic heterocycles. The van der Waals surface area contributed by atoms with E-state index >= 15 is 0 Å². The second-order valence-corrected chi connectivity index (χ2v) is 13.2. The minimum atomic E-state index is -0.690. The largest absolute Gasteiger partial charge is 0.508 e. The second-order valence-electron chi connectivity index (χ2n) is 12.2. The number of hydrogen-bond donors (Lipinski definition) is 4. The van der Waals surface area contributed by atoms with Gasteiger partial charge < -0.3 is 35.1 Å². The number of urea groups is 1. The Morgan fingerprint density at radius 2 is 1.65 bits per heavy atom. The third kappa shape index (κ3) is 9.14. The van der Waals surface area contributed by atoms with E-state index in [2.05, 4.69) is 33.1 Å². The van der Waals surface area contributed by atoms with E-state index < -0.39 is 18.3 Å². The first-order valence-electron chi connectivity index (χ1n) is 16.9. The molecule has 4 N–H and O–H groups in total. The number of phenolic OH excluding ortho intramolecular Hbond substituents is 1. The SMILES string of the molecule is CCOC(=O)CNC(=O)NCc1cccc(-c2cccc([C@H]3O[C@@H](CSc4nnnn4-c4ccc(O)cc4)[C@@H](C)[C@@H](c4ccc(CO)cc4)O3)c2)c1. The number of tetrazole rings is 1. The van der Waals surface area contributed by atoms with E-state index in [1.165, 1.54) is 11.8 Å². The van der Waals surface area contributed by atoms with Gasteiger partial charge in [-0.05, 0) is 81.6 Å². The van der Waals surface area contributed by atoms with Crippen LogP contribution in [0.5, 0.6) is 5.75 Å².